The van der Waals surface area contributed by atoms with Crippen LogP contribution in [0, 0.1) is 5.41 Å². The summed E-state index contributed by atoms with van der Waals surface area (Å²) in [5, 5.41) is 0. The van der Waals surface area contributed by atoms with Crippen LogP contribution in [0.4, 0.5) is 10.1 Å². The summed E-state index contributed by atoms with van der Waals surface area (Å²) in [6.45, 7) is 5.55. The van der Waals surface area contributed by atoms with E-state index in [4.69, 9.17) is 4.74 Å². The largest absolute Gasteiger partial charge is 0.439 e. The van der Waals surface area contributed by atoms with E-state index in [9.17, 15) is 0 Å². The highest BCUT2D eigenvalue weighted by molar-refractivity contribution is 5.96. The van der Waals surface area contributed by atoms with E-state index >= 15 is 4.39 Å². The van der Waals surface area contributed by atoms with Crippen molar-refractivity contribution in [3.05, 3.63) is 65.7 Å². The van der Waals surface area contributed by atoms with Crippen LogP contribution >= 0.6 is 0 Å². The second kappa shape index (κ2) is 5.24. The minimum atomic E-state index is -1.81. The monoisotopic (exact) mass is 297 g/mol. The molecule has 0 N–H and O–H groups in total. The molecule has 1 atom stereocenters. The lowest BCUT2D eigenvalue weighted by molar-refractivity contribution is -0.151. The van der Waals surface area contributed by atoms with E-state index < -0.39 is 11.3 Å². The first-order valence-corrected chi connectivity index (χ1v) is 7.49. The van der Waals surface area contributed by atoms with Crippen molar-refractivity contribution in [3.63, 3.8) is 0 Å². The molecule has 3 rings (SSSR count). The Kier molecular flexibility index (Phi) is 3.51. The van der Waals surface area contributed by atoms with E-state index in [2.05, 4.69) is 4.99 Å². The maximum Gasteiger partial charge on any atom is 0.258 e. The van der Waals surface area contributed by atoms with Gasteiger partial charge in [-0.25, -0.2) is 4.99 Å². The highest BCUT2D eigenvalue weighted by atomic mass is 19.2. The Hall–Kier alpha value is -2.16. The summed E-state index contributed by atoms with van der Waals surface area (Å²) in [6, 6.07) is 17.1. The molecule has 0 amide bonds. The van der Waals surface area contributed by atoms with E-state index in [-0.39, 0.29) is 6.42 Å². The molecule has 0 unspecified atom stereocenters. The zero-order valence-electron chi connectivity index (χ0n) is 13.1. The maximum atomic E-state index is 15.7. The second-order valence-electron chi connectivity index (χ2n) is 6.67. The molecule has 0 fully saturated rings. The van der Waals surface area contributed by atoms with Crippen molar-refractivity contribution in [2.45, 2.75) is 33.0 Å². The molecule has 0 saturated heterocycles. The molecule has 2 aromatic rings. The van der Waals surface area contributed by atoms with Crippen molar-refractivity contribution in [2.75, 3.05) is 0 Å². The number of para-hydroxylation sites is 1. The van der Waals surface area contributed by atoms with E-state index in [1.807, 2.05) is 75.4 Å². The number of nitrogens with zero attached hydrogens (tertiary/aromatic N) is 1. The highest BCUT2D eigenvalue weighted by Gasteiger charge is 2.47. The van der Waals surface area contributed by atoms with Gasteiger partial charge in [0.15, 0.2) is 0 Å². The summed E-state index contributed by atoms with van der Waals surface area (Å²) < 4.78 is 21.5. The van der Waals surface area contributed by atoms with Gasteiger partial charge in [0.25, 0.3) is 5.85 Å². The highest BCUT2D eigenvalue weighted by Crippen LogP contribution is 2.42. The van der Waals surface area contributed by atoms with Gasteiger partial charge in [0, 0.05) is 17.4 Å². The Morgan fingerprint density at radius 3 is 2.32 bits per heavy atom. The smallest absolute Gasteiger partial charge is 0.258 e. The third kappa shape index (κ3) is 2.63. The number of halogens is 1. The van der Waals surface area contributed by atoms with Crippen LogP contribution in [0.5, 0.6) is 0 Å². The molecule has 2 aromatic carbocycles. The third-order valence-electron chi connectivity index (χ3n) is 4.03. The Morgan fingerprint density at radius 1 is 1.00 bits per heavy atom. The van der Waals surface area contributed by atoms with Gasteiger partial charge >= 0.3 is 0 Å². The molecule has 0 aliphatic carbocycles. The standard InChI is InChI=1S/C19H20FNO/c1-18(2,3)19(20)13-15-11-7-8-12-16(15)21-17(22-19)14-9-5-4-6-10-14/h4-12H,13H2,1-3H3/t19-/m0/s1. The Bertz CT molecular complexity index is 703. The van der Waals surface area contributed by atoms with Gasteiger partial charge in [-0.05, 0) is 23.8 Å². The number of hydrogen-bond donors (Lipinski definition) is 0. The molecule has 0 spiro atoms. The Labute approximate surface area is 130 Å². The van der Waals surface area contributed by atoms with Gasteiger partial charge in [0.2, 0.25) is 5.90 Å². The molecule has 0 saturated carbocycles. The lowest BCUT2D eigenvalue weighted by Gasteiger charge is -2.37. The Morgan fingerprint density at radius 2 is 1.64 bits per heavy atom. The van der Waals surface area contributed by atoms with Gasteiger partial charge in [-0.1, -0.05) is 57.2 Å². The normalized spacial score (nSPS) is 21.4. The molecule has 1 aliphatic rings. The van der Waals surface area contributed by atoms with Crippen LogP contribution in [0.1, 0.15) is 31.9 Å². The molecule has 1 heterocycles. The molecule has 0 bridgehead atoms. The fourth-order valence-corrected chi connectivity index (χ4v) is 2.46. The van der Waals surface area contributed by atoms with Gasteiger partial charge in [-0.2, -0.15) is 4.39 Å². The average molecular weight is 297 g/mol. The van der Waals surface area contributed by atoms with Crippen LogP contribution in [0.2, 0.25) is 0 Å². The van der Waals surface area contributed by atoms with Crippen molar-refractivity contribution in [1.82, 2.24) is 0 Å². The fourth-order valence-electron chi connectivity index (χ4n) is 2.46. The predicted octanol–water partition coefficient (Wildman–Crippen LogP) is 5.05. The summed E-state index contributed by atoms with van der Waals surface area (Å²) in [7, 11) is 0. The number of hydrogen-bond acceptors (Lipinski definition) is 2. The molecule has 22 heavy (non-hydrogen) atoms. The van der Waals surface area contributed by atoms with Crippen LogP contribution < -0.4 is 0 Å². The first-order valence-electron chi connectivity index (χ1n) is 7.49. The first-order chi connectivity index (χ1) is 10.4. The fraction of sp³-hybridized carbons (Fsp3) is 0.316. The minimum Gasteiger partial charge on any atom is -0.439 e. The second-order valence-corrected chi connectivity index (χ2v) is 6.67. The van der Waals surface area contributed by atoms with Gasteiger partial charge in [-0.15, -0.1) is 0 Å². The van der Waals surface area contributed by atoms with Crippen LogP contribution in [0.3, 0.4) is 0 Å². The van der Waals surface area contributed by atoms with Gasteiger partial charge in [0.05, 0.1) is 5.69 Å². The number of aliphatic imine (C=N–C) groups is 1. The quantitative estimate of drug-likeness (QED) is 0.722. The van der Waals surface area contributed by atoms with Crippen molar-refractivity contribution >= 4 is 11.6 Å². The molecule has 1 aliphatic heterocycles. The first kappa shape index (κ1) is 14.8. The molecular weight excluding hydrogens is 277 g/mol. The molecule has 114 valence electrons. The van der Waals surface area contributed by atoms with Gasteiger partial charge in [0.1, 0.15) is 0 Å². The number of alkyl halides is 1. The number of ether oxygens (including phenoxy) is 1. The Balaban J connectivity index is 2.15. The maximum absolute atomic E-state index is 15.7. The average Bonchev–Trinajstić information content (AvgIpc) is 2.64. The van der Waals surface area contributed by atoms with Crippen molar-refractivity contribution in [3.8, 4) is 0 Å². The lowest BCUT2D eigenvalue weighted by Crippen LogP contribution is -2.44. The summed E-state index contributed by atoms with van der Waals surface area (Å²) in [5.74, 6) is -1.48. The molecule has 2 nitrogen and oxygen atoms in total. The van der Waals surface area contributed by atoms with Crippen molar-refractivity contribution in [1.29, 1.82) is 0 Å². The van der Waals surface area contributed by atoms with Crippen LogP contribution in [0.15, 0.2) is 59.6 Å². The number of rotatable bonds is 1. The number of fused-ring (bicyclic) bond motifs is 1. The van der Waals surface area contributed by atoms with Crippen LogP contribution in [0.25, 0.3) is 0 Å². The zero-order valence-corrected chi connectivity index (χ0v) is 13.1. The van der Waals surface area contributed by atoms with Crippen LogP contribution in [-0.4, -0.2) is 11.8 Å². The lowest BCUT2D eigenvalue weighted by atomic mass is 9.82. The number of benzene rings is 2. The zero-order chi connectivity index (χ0) is 15.8. The summed E-state index contributed by atoms with van der Waals surface area (Å²) in [5.41, 5.74) is 1.75. The van der Waals surface area contributed by atoms with Gasteiger partial charge < -0.3 is 4.74 Å². The SMILES string of the molecule is CC(C)(C)[C@]1(F)Cc2ccccc2N=C(c2ccccc2)O1. The van der Waals surface area contributed by atoms with E-state index in [0.717, 1.165) is 16.8 Å². The predicted molar refractivity (Wildman–Crippen MR) is 87.2 cm³/mol. The van der Waals surface area contributed by atoms with Crippen molar-refractivity contribution < 1.29 is 9.13 Å². The van der Waals surface area contributed by atoms with Crippen molar-refractivity contribution in [2.24, 2.45) is 10.4 Å². The molecule has 0 radical (unpaired) electrons. The topological polar surface area (TPSA) is 21.6 Å². The third-order valence-corrected chi connectivity index (χ3v) is 4.03. The van der Waals surface area contributed by atoms with Gasteiger partial charge in [-0.3, -0.25) is 0 Å². The summed E-state index contributed by atoms with van der Waals surface area (Å²) >= 11 is 0. The van der Waals surface area contributed by atoms with Crippen LogP contribution in [-0.2, 0) is 11.2 Å². The summed E-state index contributed by atoms with van der Waals surface area (Å²) in [4.78, 5) is 4.57. The van der Waals surface area contributed by atoms with E-state index in [1.165, 1.54) is 0 Å². The molecular formula is C19H20FNO. The van der Waals surface area contributed by atoms with E-state index in [0.29, 0.717) is 5.90 Å². The molecule has 3 heteroatoms. The molecule has 0 aromatic heterocycles. The summed E-state index contributed by atoms with van der Waals surface area (Å²) in [6.07, 6.45) is 0.187. The van der Waals surface area contributed by atoms with E-state index in [1.54, 1.807) is 0 Å². The minimum absolute atomic E-state index is 0.187.